The van der Waals surface area contributed by atoms with E-state index < -0.39 is 5.54 Å². The van der Waals surface area contributed by atoms with Gasteiger partial charge in [-0.3, -0.25) is 14.3 Å². The Morgan fingerprint density at radius 3 is 2.68 bits per heavy atom. The van der Waals surface area contributed by atoms with Crippen LogP contribution in [0.15, 0.2) is 48.0 Å². The number of aromatic nitrogens is 2. The summed E-state index contributed by atoms with van der Waals surface area (Å²) in [6.45, 7) is 2.21. The van der Waals surface area contributed by atoms with Gasteiger partial charge in [-0.05, 0) is 36.8 Å². The van der Waals surface area contributed by atoms with E-state index in [-0.39, 0.29) is 17.9 Å². The third-order valence-corrected chi connectivity index (χ3v) is 7.59. The molecule has 1 fully saturated rings. The average molecular weight is 435 g/mol. The molecule has 0 saturated heterocycles. The van der Waals surface area contributed by atoms with Crippen molar-refractivity contribution in [3.63, 3.8) is 0 Å². The molecule has 3 heterocycles. The number of amides is 2. The Bertz CT molecular complexity index is 1130. The Balaban J connectivity index is 1.68. The molecule has 1 unspecified atom stereocenters. The fraction of sp³-hybridized carbons (Fsp3) is 0.375. The number of hydrogen-bond donors (Lipinski definition) is 1. The molecule has 2 aromatic heterocycles. The number of nitrogens with one attached hydrogen (secondary N) is 1. The molecule has 31 heavy (non-hydrogen) atoms. The molecule has 1 saturated carbocycles. The van der Waals surface area contributed by atoms with E-state index in [1.165, 1.54) is 11.3 Å². The van der Waals surface area contributed by atoms with Crippen molar-refractivity contribution in [2.45, 2.75) is 50.7 Å². The molecule has 1 N–H and O–H groups in total. The average Bonchev–Trinajstić information content (AvgIpc) is 3.51. The Morgan fingerprint density at radius 2 is 1.94 bits per heavy atom. The van der Waals surface area contributed by atoms with Crippen molar-refractivity contribution < 1.29 is 9.59 Å². The predicted molar refractivity (Wildman–Crippen MR) is 121 cm³/mol. The molecule has 1 aliphatic heterocycles. The van der Waals surface area contributed by atoms with Crippen LogP contribution in [-0.4, -0.2) is 32.5 Å². The summed E-state index contributed by atoms with van der Waals surface area (Å²) in [4.78, 5) is 30.4. The highest BCUT2D eigenvalue weighted by Crippen LogP contribution is 2.45. The van der Waals surface area contributed by atoms with Crippen LogP contribution in [0.1, 0.15) is 54.2 Å². The van der Waals surface area contributed by atoms with Crippen molar-refractivity contribution in [1.29, 1.82) is 0 Å². The summed E-state index contributed by atoms with van der Waals surface area (Å²) in [5.41, 5.74) is 2.05. The molecule has 1 aliphatic carbocycles. The molecule has 160 valence electrons. The van der Waals surface area contributed by atoms with Gasteiger partial charge < -0.3 is 10.2 Å². The van der Waals surface area contributed by atoms with Gasteiger partial charge in [0.25, 0.3) is 11.8 Å². The minimum atomic E-state index is -1.19. The van der Waals surface area contributed by atoms with Gasteiger partial charge in [-0.25, -0.2) is 0 Å². The first kappa shape index (κ1) is 20.0. The van der Waals surface area contributed by atoms with Crippen LogP contribution in [-0.2, 0) is 23.9 Å². The quantitative estimate of drug-likeness (QED) is 0.673. The number of rotatable bonds is 4. The second-order valence-corrected chi connectivity index (χ2v) is 9.51. The van der Waals surface area contributed by atoms with Gasteiger partial charge in [-0.15, -0.1) is 11.3 Å². The van der Waals surface area contributed by atoms with Crippen LogP contribution in [0.3, 0.4) is 0 Å². The molecular formula is C24H26N4O2S. The maximum absolute atomic E-state index is 13.9. The summed E-state index contributed by atoms with van der Waals surface area (Å²) in [6.07, 6.45) is 6.01. The molecule has 1 atom stereocenters. The van der Waals surface area contributed by atoms with E-state index in [1.807, 2.05) is 55.7 Å². The predicted octanol–water partition coefficient (Wildman–Crippen LogP) is 4.08. The number of carbonyl (C=O) groups is 2. The lowest BCUT2D eigenvalue weighted by molar-refractivity contribution is -0.133. The number of nitrogens with zero attached hydrogens (tertiary/aromatic N) is 3. The van der Waals surface area contributed by atoms with Gasteiger partial charge in [0.1, 0.15) is 0 Å². The van der Waals surface area contributed by atoms with Gasteiger partial charge in [-0.2, -0.15) is 5.10 Å². The number of fused-ring (bicyclic) bond motifs is 3. The highest BCUT2D eigenvalue weighted by molar-refractivity contribution is 7.14. The van der Waals surface area contributed by atoms with Gasteiger partial charge in [0.05, 0.1) is 22.3 Å². The van der Waals surface area contributed by atoms with Crippen molar-refractivity contribution >= 4 is 23.2 Å². The minimum absolute atomic E-state index is 0.125. The summed E-state index contributed by atoms with van der Waals surface area (Å²) in [6, 6.07) is 11.9. The van der Waals surface area contributed by atoms with Crippen LogP contribution in [0.25, 0.3) is 10.4 Å². The summed E-state index contributed by atoms with van der Waals surface area (Å²) in [5.74, 6) is -0.260. The fourth-order valence-electron chi connectivity index (χ4n) is 4.97. The van der Waals surface area contributed by atoms with Gasteiger partial charge >= 0.3 is 0 Å². The lowest BCUT2D eigenvalue weighted by Gasteiger charge is -2.40. The Morgan fingerprint density at radius 1 is 1.19 bits per heavy atom. The Kier molecular flexibility index (Phi) is 4.93. The van der Waals surface area contributed by atoms with Gasteiger partial charge in [0, 0.05) is 25.2 Å². The number of carbonyl (C=O) groups excluding carboxylic acids is 2. The van der Waals surface area contributed by atoms with Crippen LogP contribution in [0.5, 0.6) is 0 Å². The third kappa shape index (κ3) is 3.19. The molecule has 2 aliphatic rings. The SMILES string of the molecule is Cn1ncc2c1C(C)(C(=O)NC1CCCC1)N(Cc1ccccc1)C(=O)c1ccsc1-2. The van der Waals surface area contributed by atoms with Crippen molar-refractivity contribution in [3.8, 4) is 10.4 Å². The van der Waals surface area contributed by atoms with E-state index in [4.69, 9.17) is 0 Å². The zero-order valence-corrected chi connectivity index (χ0v) is 18.6. The van der Waals surface area contributed by atoms with Gasteiger partial charge in [0.15, 0.2) is 5.54 Å². The largest absolute Gasteiger partial charge is 0.351 e. The smallest absolute Gasteiger partial charge is 0.256 e. The maximum Gasteiger partial charge on any atom is 0.256 e. The number of thiophene rings is 1. The standard InChI is InChI=1S/C24H26N4O2S/c1-24(23(30)26-17-10-6-7-11-17)21-19(14-25-27(21)2)20-18(12-13-31-20)22(29)28(24)15-16-8-4-3-5-9-16/h3-5,8-9,12-14,17H,6-7,10-11,15H2,1-2H3,(H,26,30). The molecular weight excluding hydrogens is 408 g/mol. The van der Waals surface area contributed by atoms with Crippen molar-refractivity contribution in [2.75, 3.05) is 0 Å². The van der Waals surface area contributed by atoms with Crippen molar-refractivity contribution in [2.24, 2.45) is 7.05 Å². The van der Waals surface area contributed by atoms with Gasteiger partial charge in [-0.1, -0.05) is 43.2 Å². The van der Waals surface area contributed by atoms with E-state index in [0.717, 1.165) is 47.4 Å². The summed E-state index contributed by atoms with van der Waals surface area (Å²) in [5, 5.41) is 9.69. The van der Waals surface area contributed by atoms with Crippen LogP contribution >= 0.6 is 11.3 Å². The maximum atomic E-state index is 13.9. The van der Waals surface area contributed by atoms with Gasteiger partial charge in [0.2, 0.25) is 0 Å². The molecule has 0 bridgehead atoms. The van der Waals surface area contributed by atoms with Crippen LogP contribution in [0, 0.1) is 0 Å². The monoisotopic (exact) mass is 434 g/mol. The lowest BCUT2D eigenvalue weighted by Crippen LogP contribution is -2.58. The first-order chi connectivity index (χ1) is 15.0. The summed E-state index contributed by atoms with van der Waals surface area (Å²) < 4.78 is 1.75. The second-order valence-electron chi connectivity index (χ2n) is 8.60. The normalized spacial score (nSPS) is 21.0. The molecule has 1 aromatic carbocycles. The van der Waals surface area contributed by atoms with E-state index in [1.54, 1.807) is 15.8 Å². The molecule has 0 spiro atoms. The number of hydrogen-bond acceptors (Lipinski definition) is 4. The highest BCUT2D eigenvalue weighted by atomic mass is 32.1. The summed E-state index contributed by atoms with van der Waals surface area (Å²) >= 11 is 1.52. The van der Waals surface area contributed by atoms with E-state index in [0.29, 0.717) is 12.1 Å². The van der Waals surface area contributed by atoms with Crippen LogP contribution in [0.2, 0.25) is 0 Å². The summed E-state index contributed by atoms with van der Waals surface area (Å²) in [7, 11) is 1.85. The van der Waals surface area contributed by atoms with Crippen molar-refractivity contribution in [3.05, 3.63) is 64.8 Å². The zero-order chi connectivity index (χ0) is 21.6. The minimum Gasteiger partial charge on any atom is -0.351 e. The van der Waals surface area contributed by atoms with Crippen LogP contribution < -0.4 is 5.32 Å². The molecule has 2 amide bonds. The zero-order valence-electron chi connectivity index (χ0n) is 17.8. The topological polar surface area (TPSA) is 67.2 Å². The number of benzene rings is 1. The molecule has 3 aromatic rings. The van der Waals surface area contributed by atoms with Crippen molar-refractivity contribution in [1.82, 2.24) is 20.0 Å². The Labute approximate surface area is 185 Å². The molecule has 6 nitrogen and oxygen atoms in total. The lowest BCUT2D eigenvalue weighted by atomic mass is 9.90. The molecule has 7 heteroatoms. The number of aryl methyl sites for hydroxylation is 1. The fourth-order valence-corrected chi connectivity index (χ4v) is 5.86. The second kappa shape index (κ2) is 7.64. The first-order valence-corrected chi connectivity index (χ1v) is 11.7. The highest BCUT2D eigenvalue weighted by Gasteiger charge is 2.51. The van der Waals surface area contributed by atoms with Crippen LogP contribution in [0.4, 0.5) is 0 Å². The molecule has 0 radical (unpaired) electrons. The van der Waals surface area contributed by atoms with E-state index >= 15 is 0 Å². The van der Waals surface area contributed by atoms with E-state index in [2.05, 4.69) is 10.4 Å². The van der Waals surface area contributed by atoms with E-state index in [9.17, 15) is 9.59 Å². The first-order valence-electron chi connectivity index (χ1n) is 10.8. The Hall–Kier alpha value is -2.93. The third-order valence-electron chi connectivity index (χ3n) is 6.64. The molecule has 5 rings (SSSR count).